The van der Waals surface area contributed by atoms with Gasteiger partial charge in [0.25, 0.3) is 5.91 Å². The molecule has 0 unspecified atom stereocenters. The molecule has 0 bridgehead atoms. The molecular formula is C27H36ClN3O5. The molecule has 0 aliphatic carbocycles. The van der Waals surface area contributed by atoms with E-state index in [1.165, 1.54) is 0 Å². The summed E-state index contributed by atoms with van der Waals surface area (Å²) in [5.74, 6) is 1.17. The fourth-order valence-electron chi connectivity index (χ4n) is 4.17. The standard InChI is InChI=1S/C27H36ClN3O5/c1-6-34-22-16-19(17-23(35-7-2)25(22)36-8-3)26(32)29-21-11-9-10-20(28)24(21)30-12-14-31(15-13-30)27(33)18(4)5/h9-11,16-18H,6-8,12-15H2,1-5H3,(H,29,32). The number of piperazine rings is 1. The highest BCUT2D eigenvalue weighted by Gasteiger charge is 2.26. The van der Waals surface area contributed by atoms with E-state index in [-0.39, 0.29) is 17.7 Å². The summed E-state index contributed by atoms with van der Waals surface area (Å²) in [6.45, 7) is 13.2. The molecule has 1 fully saturated rings. The van der Waals surface area contributed by atoms with E-state index in [9.17, 15) is 9.59 Å². The van der Waals surface area contributed by atoms with Crippen LogP contribution in [-0.2, 0) is 4.79 Å². The molecule has 1 saturated heterocycles. The van der Waals surface area contributed by atoms with E-state index in [1.54, 1.807) is 24.3 Å². The van der Waals surface area contributed by atoms with Crippen LogP contribution in [0.25, 0.3) is 0 Å². The summed E-state index contributed by atoms with van der Waals surface area (Å²) in [7, 11) is 0. The van der Waals surface area contributed by atoms with Crippen molar-refractivity contribution in [1.29, 1.82) is 0 Å². The number of benzene rings is 2. The van der Waals surface area contributed by atoms with Gasteiger partial charge in [0.1, 0.15) is 0 Å². The van der Waals surface area contributed by atoms with Gasteiger partial charge in [0, 0.05) is 37.7 Å². The zero-order valence-corrected chi connectivity index (χ0v) is 22.5. The second-order valence-electron chi connectivity index (χ2n) is 8.66. The molecule has 1 heterocycles. The van der Waals surface area contributed by atoms with Crippen LogP contribution in [0.4, 0.5) is 11.4 Å². The summed E-state index contributed by atoms with van der Waals surface area (Å²) in [5, 5.41) is 3.55. The molecule has 0 atom stereocenters. The molecule has 36 heavy (non-hydrogen) atoms. The number of ether oxygens (including phenoxy) is 3. The lowest BCUT2D eigenvalue weighted by atomic mass is 10.1. The van der Waals surface area contributed by atoms with Crippen LogP contribution in [0, 0.1) is 5.92 Å². The van der Waals surface area contributed by atoms with Gasteiger partial charge in [-0.2, -0.15) is 0 Å². The van der Waals surface area contributed by atoms with E-state index < -0.39 is 0 Å². The average Bonchev–Trinajstić information content (AvgIpc) is 2.86. The lowest BCUT2D eigenvalue weighted by Gasteiger charge is -2.38. The summed E-state index contributed by atoms with van der Waals surface area (Å²) in [6, 6.07) is 8.75. The SMILES string of the molecule is CCOc1cc(C(=O)Nc2cccc(Cl)c2N2CCN(C(=O)C(C)C)CC2)cc(OCC)c1OCC. The zero-order valence-electron chi connectivity index (χ0n) is 21.7. The molecule has 2 aromatic carbocycles. The van der Waals surface area contributed by atoms with Gasteiger partial charge >= 0.3 is 0 Å². The highest BCUT2D eigenvalue weighted by molar-refractivity contribution is 6.34. The first-order chi connectivity index (χ1) is 17.3. The quantitative estimate of drug-likeness (QED) is 0.472. The second-order valence-corrected chi connectivity index (χ2v) is 9.07. The van der Waals surface area contributed by atoms with Crippen LogP contribution in [0.5, 0.6) is 17.2 Å². The van der Waals surface area contributed by atoms with Gasteiger partial charge in [0.15, 0.2) is 11.5 Å². The fraction of sp³-hybridized carbons (Fsp3) is 0.481. The van der Waals surface area contributed by atoms with Crippen molar-refractivity contribution in [3.8, 4) is 17.2 Å². The average molecular weight is 518 g/mol. The molecule has 1 aliphatic rings. The molecule has 9 heteroatoms. The maximum Gasteiger partial charge on any atom is 0.255 e. The first kappa shape index (κ1) is 27.5. The van der Waals surface area contributed by atoms with Crippen LogP contribution >= 0.6 is 11.6 Å². The predicted molar refractivity (Wildman–Crippen MR) is 143 cm³/mol. The van der Waals surface area contributed by atoms with Gasteiger partial charge in [0.05, 0.1) is 36.2 Å². The van der Waals surface area contributed by atoms with Crippen molar-refractivity contribution < 1.29 is 23.8 Å². The Labute approximate surface area is 218 Å². The lowest BCUT2D eigenvalue weighted by Crippen LogP contribution is -2.50. The minimum absolute atomic E-state index is 0.0380. The molecule has 2 amide bonds. The van der Waals surface area contributed by atoms with Gasteiger partial charge < -0.3 is 29.3 Å². The van der Waals surface area contributed by atoms with Crippen molar-refractivity contribution in [3.63, 3.8) is 0 Å². The first-order valence-corrected chi connectivity index (χ1v) is 12.9. The number of amides is 2. The first-order valence-electron chi connectivity index (χ1n) is 12.5. The van der Waals surface area contributed by atoms with Crippen molar-refractivity contribution in [1.82, 2.24) is 4.90 Å². The summed E-state index contributed by atoms with van der Waals surface area (Å²) in [4.78, 5) is 29.8. The van der Waals surface area contributed by atoms with Crippen molar-refractivity contribution in [2.24, 2.45) is 5.92 Å². The van der Waals surface area contributed by atoms with Gasteiger partial charge in [-0.15, -0.1) is 0 Å². The maximum atomic E-state index is 13.4. The van der Waals surface area contributed by atoms with Crippen LogP contribution in [-0.4, -0.2) is 62.7 Å². The third-order valence-electron chi connectivity index (χ3n) is 5.81. The van der Waals surface area contributed by atoms with E-state index in [0.717, 1.165) is 5.69 Å². The highest BCUT2D eigenvalue weighted by Crippen LogP contribution is 2.40. The molecule has 2 aromatic rings. The molecule has 1 N–H and O–H groups in total. The number of halogens is 1. The summed E-state index contributed by atoms with van der Waals surface area (Å²) in [5.41, 5.74) is 1.72. The largest absolute Gasteiger partial charge is 0.490 e. The topological polar surface area (TPSA) is 80.3 Å². The van der Waals surface area contributed by atoms with E-state index in [0.29, 0.717) is 79.5 Å². The molecule has 0 spiro atoms. The van der Waals surface area contributed by atoms with E-state index in [1.807, 2.05) is 45.6 Å². The number of rotatable bonds is 10. The number of nitrogens with one attached hydrogen (secondary N) is 1. The number of carbonyl (C=O) groups excluding carboxylic acids is 2. The van der Waals surface area contributed by atoms with E-state index in [2.05, 4.69) is 10.2 Å². The summed E-state index contributed by atoms with van der Waals surface area (Å²) < 4.78 is 17.3. The molecule has 1 aliphatic heterocycles. The predicted octanol–water partition coefficient (Wildman–Crippen LogP) is 5.09. The maximum absolute atomic E-state index is 13.4. The Morgan fingerprint density at radius 1 is 0.944 bits per heavy atom. The van der Waals surface area contributed by atoms with Crippen LogP contribution < -0.4 is 24.4 Å². The Balaban J connectivity index is 1.87. The van der Waals surface area contributed by atoms with Crippen molar-refractivity contribution in [3.05, 3.63) is 40.9 Å². The van der Waals surface area contributed by atoms with Crippen LogP contribution in [0.1, 0.15) is 45.0 Å². The number of hydrogen-bond donors (Lipinski definition) is 1. The molecule has 0 aromatic heterocycles. The van der Waals surface area contributed by atoms with Gasteiger partial charge in [-0.05, 0) is 45.0 Å². The minimum Gasteiger partial charge on any atom is -0.490 e. The Hall–Kier alpha value is -3.13. The lowest BCUT2D eigenvalue weighted by molar-refractivity contribution is -0.134. The number of anilines is 2. The number of nitrogens with zero attached hydrogens (tertiary/aromatic N) is 2. The Bertz CT molecular complexity index is 1040. The summed E-state index contributed by atoms with van der Waals surface area (Å²) in [6.07, 6.45) is 0. The second kappa shape index (κ2) is 12.7. The van der Waals surface area contributed by atoms with Crippen LogP contribution in [0.3, 0.4) is 0 Å². The van der Waals surface area contributed by atoms with Crippen LogP contribution in [0.15, 0.2) is 30.3 Å². The third kappa shape index (κ3) is 6.35. The minimum atomic E-state index is -0.322. The fourth-order valence-corrected chi connectivity index (χ4v) is 4.46. The third-order valence-corrected chi connectivity index (χ3v) is 6.11. The van der Waals surface area contributed by atoms with Gasteiger partial charge in [-0.3, -0.25) is 9.59 Å². The van der Waals surface area contributed by atoms with Crippen molar-refractivity contribution in [2.45, 2.75) is 34.6 Å². The number of para-hydroxylation sites is 1. The summed E-state index contributed by atoms with van der Waals surface area (Å²) >= 11 is 6.60. The highest BCUT2D eigenvalue weighted by atomic mass is 35.5. The van der Waals surface area contributed by atoms with Gasteiger partial charge in [0.2, 0.25) is 11.7 Å². The van der Waals surface area contributed by atoms with Crippen molar-refractivity contribution >= 4 is 34.8 Å². The molecule has 196 valence electrons. The molecule has 8 nitrogen and oxygen atoms in total. The smallest absolute Gasteiger partial charge is 0.255 e. The Morgan fingerprint density at radius 2 is 1.53 bits per heavy atom. The number of carbonyl (C=O) groups is 2. The monoisotopic (exact) mass is 517 g/mol. The normalized spacial score (nSPS) is 13.5. The zero-order chi connectivity index (χ0) is 26.2. The van der Waals surface area contributed by atoms with Gasteiger partial charge in [-0.25, -0.2) is 0 Å². The Kier molecular flexibility index (Phi) is 9.70. The van der Waals surface area contributed by atoms with E-state index in [4.69, 9.17) is 25.8 Å². The van der Waals surface area contributed by atoms with Gasteiger partial charge in [-0.1, -0.05) is 31.5 Å². The molecule has 3 rings (SSSR count). The Morgan fingerprint density at radius 3 is 2.06 bits per heavy atom. The number of hydrogen-bond acceptors (Lipinski definition) is 6. The van der Waals surface area contributed by atoms with Crippen LogP contribution in [0.2, 0.25) is 5.02 Å². The molecule has 0 radical (unpaired) electrons. The molecular weight excluding hydrogens is 482 g/mol. The molecule has 0 saturated carbocycles. The van der Waals surface area contributed by atoms with E-state index >= 15 is 0 Å². The van der Waals surface area contributed by atoms with Crippen molar-refractivity contribution in [2.75, 3.05) is 56.2 Å².